The molecule has 6 nitrogen and oxygen atoms in total. The van der Waals surface area contributed by atoms with Gasteiger partial charge in [0.1, 0.15) is 0 Å². The third kappa shape index (κ3) is 3.47. The number of benzene rings is 1. The molecule has 1 aromatic carbocycles. The molecule has 0 fully saturated rings. The fourth-order valence-electron chi connectivity index (χ4n) is 2.63. The van der Waals surface area contributed by atoms with Gasteiger partial charge in [-0.2, -0.15) is 0 Å². The molecule has 2 heterocycles. The number of rotatable bonds is 6. The van der Waals surface area contributed by atoms with Gasteiger partial charge in [0, 0.05) is 6.20 Å². The van der Waals surface area contributed by atoms with Crippen LogP contribution in [-0.4, -0.2) is 23.0 Å². The van der Waals surface area contributed by atoms with Crippen LogP contribution in [0.25, 0.3) is 5.65 Å². The Bertz CT molecular complexity index is 920. The number of hydrogen-bond acceptors (Lipinski definition) is 4. The Morgan fingerprint density at radius 3 is 2.46 bits per heavy atom. The minimum absolute atomic E-state index is 0.243. The van der Waals surface area contributed by atoms with Gasteiger partial charge in [-0.15, -0.1) is 10.2 Å². The van der Waals surface area contributed by atoms with Crippen molar-refractivity contribution in [3.63, 3.8) is 0 Å². The molecule has 0 radical (unpaired) electrons. The average molecular weight is 344 g/mol. The van der Waals surface area contributed by atoms with Crippen molar-refractivity contribution in [3.05, 3.63) is 60.6 Å². The molecule has 3 aromatic rings. The minimum Gasteiger partial charge on any atom is -0.285 e. The molecule has 0 aliphatic rings. The molecule has 24 heavy (non-hydrogen) atoms. The van der Waals surface area contributed by atoms with Crippen LogP contribution in [0, 0.1) is 5.92 Å². The molecule has 1 unspecified atom stereocenters. The van der Waals surface area contributed by atoms with Crippen molar-refractivity contribution in [2.24, 2.45) is 5.92 Å². The Hall–Kier alpha value is -2.25. The summed E-state index contributed by atoms with van der Waals surface area (Å²) < 4.78 is 30.0. The SMILES string of the molecule is CC(C)CC(NS(=O)(=O)c1ccccc1)c1nnc2ccccn12. The van der Waals surface area contributed by atoms with Gasteiger partial charge in [0.05, 0.1) is 10.9 Å². The molecule has 0 amide bonds. The number of pyridine rings is 1. The molecule has 0 aliphatic carbocycles. The van der Waals surface area contributed by atoms with E-state index in [1.165, 1.54) is 0 Å². The number of sulfonamides is 1. The largest absolute Gasteiger partial charge is 0.285 e. The molecular formula is C17H20N4O2S. The fourth-order valence-corrected chi connectivity index (χ4v) is 3.86. The summed E-state index contributed by atoms with van der Waals surface area (Å²) in [7, 11) is -3.63. The highest BCUT2D eigenvalue weighted by Crippen LogP contribution is 2.23. The van der Waals surface area contributed by atoms with Gasteiger partial charge in [0.25, 0.3) is 0 Å². The van der Waals surface area contributed by atoms with Crippen molar-refractivity contribution in [2.75, 3.05) is 0 Å². The van der Waals surface area contributed by atoms with Gasteiger partial charge in [-0.3, -0.25) is 4.40 Å². The molecule has 2 aromatic heterocycles. The summed E-state index contributed by atoms with van der Waals surface area (Å²) in [6.45, 7) is 4.10. The molecule has 0 bridgehead atoms. The summed E-state index contributed by atoms with van der Waals surface area (Å²) in [5.74, 6) is 0.892. The monoisotopic (exact) mass is 344 g/mol. The lowest BCUT2D eigenvalue weighted by Crippen LogP contribution is -2.31. The smallest absolute Gasteiger partial charge is 0.241 e. The van der Waals surface area contributed by atoms with E-state index in [4.69, 9.17) is 0 Å². The van der Waals surface area contributed by atoms with Crippen LogP contribution < -0.4 is 4.72 Å². The van der Waals surface area contributed by atoms with E-state index in [1.54, 1.807) is 30.3 Å². The van der Waals surface area contributed by atoms with Crippen LogP contribution in [0.15, 0.2) is 59.6 Å². The normalized spacial score (nSPS) is 13.5. The molecule has 7 heteroatoms. The molecule has 1 atom stereocenters. The third-order valence-electron chi connectivity index (χ3n) is 3.71. The van der Waals surface area contributed by atoms with Crippen LogP contribution in [0.3, 0.4) is 0 Å². The summed E-state index contributed by atoms with van der Waals surface area (Å²) in [4.78, 5) is 0.243. The Morgan fingerprint density at radius 1 is 1.04 bits per heavy atom. The molecular weight excluding hydrogens is 324 g/mol. The van der Waals surface area contributed by atoms with Crippen LogP contribution in [-0.2, 0) is 10.0 Å². The average Bonchev–Trinajstić information content (AvgIpc) is 2.98. The molecule has 0 spiro atoms. The summed E-state index contributed by atoms with van der Waals surface area (Å²) in [6, 6.07) is 13.5. The predicted molar refractivity (Wildman–Crippen MR) is 91.9 cm³/mol. The first-order chi connectivity index (χ1) is 11.5. The third-order valence-corrected chi connectivity index (χ3v) is 5.20. The lowest BCUT2D eigenvalue weighted by Gasteiger charge is -2.19. The van der Waals surface area contributed by atoms with Crippen molar-refractivity contribution < 1.29 is 8.42 Å². The molecule has 0 aliphatic heterocycles. The van der Waals surface area contributed by atoms with Gasteiger partial charge in [0.2, 0.25) is 10.0 Å². The van der Waals surface area contributed by atoms with Crippen LogP contribution in [0.5, 0.6) is 0 Å². The molecule has 0 saturated carbocycles. The summed E-state index contributed by atoms with van der Waals surface area (Å²) >= 11 is 0. The van der Waals surface area contributed by atoms with E-state index in [0.29, 0.717) is 23.8 Å². The molecule has 0 saturated heterocycles. The summed E-state index contributed by atoms with van der Waals surface area (Å²) in [6.07, 6.45) is 2.47. The summed E-state index contributed by atoms with van der Waals surface area (Å²) in [5.41, 5.74) is 0.695. The second-order valence-corrected chi connectivity index (χ2v) is 7.82. The van der Waals surface area contributed by atoms with E-state index in [1.807, 2.05) is 42.6 Å². The topological polar surface area (TPSA) is 76.4 Å². The number of aromatic nitrogens is 3. The Balaban J connectivity index is 1.98. The maximum absolute atomic E-state index is 12.7. The van der Waals surface area contributed by atoms with Crippen molar-refractivity contribution in [3.8, 4) is 0 Å². The molecule has 1 N–H and O–H groups in total. The minimum atomic E-state index is -3.63. The zero-order valence-electron chi connectivity index (χ0n) is 13.6. The number of fused-ring (bicyclic) bond motifs is 1. The Kier molecular flexibility index (Phi) is 4.64. The van der Waals surface area contributed by atoms with Crippen molar-refractivity contribution in [1.29, 1.82) is 0 Å². The highest BCUT2D eigenvalue weighted by atomic mass is 32.2. The zero-order chi connectivity index (χ0) is 17.2. The van der Waals surface area contributed by atoms with Crippen molar-refractivity contribution in [2.45, 2.75) is 31.2 Å². The maximum Gasteiger partial charge on any atom is 0.241 e. The van der Waals surface area contributed by atoms with Gasteiger partial charge < -0.3 is 0 Å². The fraction of sp³-hybridized carbons (Fsp3) is 0.294. The van der Waals surface area contributed by atoms with Gasteiger partial charge >= 0.3 is 0 Å². The second kappa shape index (κ2) is 6.70. The lowest BCUT2D eigenvalue weighted by molar-refractivity contribution is 0.454. The lowest BCUT2D eigenvalue weighted by atomic mass is 10.0. The van der Waals surface area contributed by atoms with E-state index in [0.717, 1.165) is 0 Å². The first kappa shape index (κ1) is 16.6. The first-order valence-corrected chi connectivity index (χ1v) is 9.33. The molecule has 3 rings (SSSR count). The molecule has 126 valence electrons. The van der Waals surface area contributed by atoms with Crippen LogP contribution in [0.1, 0.15) is 32.1 Å². The number of nitrogens with zero attached hydrogens (tertiary/aromatic N) is 3. The van der Waals surface area contributed by atoms with Crippen LogP contribution >= 0.6 is 0 Å². The maximum atomic E-state index is 12.7. The highest BCUT2D eigenvalue weighted by Gasteiger charge is 2.25. The Morgan fingerprint density at radius 2 is 1.75 bits per heavy atom. The first-order valence-electron chi connectivity index (χ1n) is 7.84. The standard InChI is InChI=1S/C17H20N4O2S/c1-13(2)12-15(17-19-18-16-10-6-7-11-21(16)17)20-24(22,23)14-8-4-3-5-9-14/h3-11,13,15,20H,12H2,1-2H3. The summed E-state index contributed by atoms with van der Waals surface area (Å²) in [5, 5.41) is 8.34. The van der Waals surface area contributed by atoms with Crippen LogP contribution in [0.2, 0.25) is 0 Å². The van der Waals surface area contributed by atoms with Crippen LogP contribution in [0.4, 0.5) is 0 Å². The highest BCUT2D eigenvalue weighted by molar-refractivity contribution is 7.89. The van der Waals surface area contributed by atoms with Gasteiger partial charge in [-0.05, 0) is 36.6 Å². The predicted octanol–water partition coefficient (Wildman–Crippen LogP) is 2.80. The van der Waals surface area contributed by atoms with E-state index in [9.17, 15) is 8.42 Å². The zero-order valence-corrected chi connectivity index (χ0v) is 14.4. The quantitative estimate of drug-likeness (QED) is 0.746. The second-order valence-electron chi connectivity index (χ2n) is 6.10. The number of nitrogens with one attached hydrogen (secondary N) is 1. The van der Waals surface area contributed by atoms with Gasteiger partial charge in [0.15, 0.2) is 11.5 Å². The Labute approximate surface area is 141 Å². The van der Waals surface area contributed by atoms with Gasteiger partial charge in [-0.1, -0.05) is 38.1 Å². The van der Waals surface area contributed by atoms with E-state index >= 15 is 0 Å². The number of hydrogen-bond donors (Lipinski definition) is 1. The van der Waals surface area contributed by atoms with E-state index < -0.39 is 16.1 Å². The van der Waals surface area contributed by atoms with Gasteiger partial charge in [-0.25, -0.2) is 13.1 Å². The van der Waals surface area contributed by atoms with E-state index in [-0.39, 0.29) is 4.90 Å². The van der Waals surface area contributed by atoms with Crippen molar-refractivity contribution >= 4 is 15.7 Å². The van der Waals surface area contributed by atoms with Crippen molar-refractivity contribution in [1.82, 2.24) is 19.3 Å². The van der Waals surface area contributed by atoms with E-state index in [2.05, 4.69) is 14.9 Å².